The van der Waals surface area contributed by atoms with Gasteiger partial charge in [-0.15, -0.1) is 0 Å². The van der Waals surface area contributed by atoms with E-state index in [-0.39, 0.29) is 25.0 Å². The largest absolute Gasteiger partial charge is 0.496 e. The number of methoxy groups -OCH3 is 2. The number of rotatable bonds is 11. The molecule has 0 aromatic heterocycles. The maximum absolute atomic E-state index is 13.1. The van der Waals surface area contributed by atoms with Crippen LogP contribution in [-0.4, -0.2) is 50.1 Å². The Morgan fingerprint density at radius 2 is 1.53 bits per heavy atom. The van der Waals surface area contributed by atoms with Gasteiger partial charge in [-0.25, -0.2) is 0 Å². The minimum Gasteiger partial charge on any atom is -0.496 e. The van der Waals surface area contributed by atoms with Crippen molar-refractivity contribution >= 4 is 23.4 Å². The van der Waals surface area contributed by atoms with Gasteiger partial charge in [0, 0.05) is 36.3 Å². The van der Waals surface area contributed by atoms with Gasteiger partial charge in [-0.05, 0) is 30.5 Å². The maximum Gasteiger partial charge on any atom is 0.261 e. The number of hydrogen-bond acceptors (Lipinski definition) is 5. The molecule has 0 saturated carbocycles. The number of ether oxygens (including phenoxy) is 3. The summed E-state index contributed by atoms with van der Waals surface area (Å²) in [5.74, 6) is 1.28. The van der Waals surface area contributed by atoms with Crippen molar-refractivity contribution in [3.63, 3.8) is 0 Å². The predicted octanol–water partition coefficient (Wildman–Crippen LogP) is 3.93. The molecule has 0 fully saturated rings. The minimum atomic E-state index is -0.680. The predicted molar refractivity (Wildman–Crippen MR) is 124 cm³/mol. The van der Waals surface area contributed by atoms with Gasteiger partial charge in [0.15, 0.2) is 6.61 Å². The molecule has 174 valence electrons. The molecular formula is C24H31ClN2O5. The van der Waals surface area contributed by atoms with Crippen LogP contribution in [0, 0.1) is 5.92 Å². The van der Waals surface area contributed by atoms with Crippen molar-refractivity contribution in [3.8, 4) is 17.2 Å². The van der Waals surface area contributed by atoms with E-state index in [2.05, 4.69) is 5.32 Å². The Labute approximate surface area is 194 Å². The molecular weight excluding hydrogens is 432 g/mol. The lowest BCUT2D eigenvalue weighted by Crippen LogP contribution is -2.49. The molecule has 0 aliphatic carbocycles. The molecule has 32 heavy (non-hydrogen) atoms. The van der Waals surface area contributed by atoms with Crippen LogP contribution in [0.1, 0.15) is 26.3 Å². The number of amides is 2. The fraction of sp³-hybridized carbons (Fsp3) is 0.417. The Kier molecular flexibility index (Phi) is 9.65. The standard InChI is InChI=1S/C24H31ClN2O5/c1-16(2)13-26-24(29)17(3)27(14-18-6-8-19(25)9-7-18)23(28)15-32-22-11-20(30-4)10-21(12-22)31-5/h6-12,16-17H,13-15H2,1-5H3,(H,26,29). The number of carbonyl (C=O) groups is 2. The van der Waals surface area contributed by atoms with E-state index in [0.717, 1.165) is 5.56 Å². The summed E-state index contributed by atoms with van der Waals surface area (Å²) in [6.45, 7) is 6.27. The molecule has 2 aromatic carbocycles. The quantitative estimate of drug-likeness (QED) is 0.547. The normalized spacial score (nSPS) is 11.6. The van der Waals surface area contributed by atoms with Crippen molar-refractivity contribution in [1.82, 2.24) is 10.2 Å². The van der Waals surface area contributed by atoms with Gasteiger partial charge in [-0.3, -0.25) is 9.59 Å². The summed E-state index contributed by atoms with van der Waals surface area (Å²) in [5.41, 5.74) is 0.856. The van der Waals surface area contributed by atoms with Crippen molar-refractivity contribution in [2.24, 2.45) is 5.92 Å². The van der Waals surface area contributed by atoms with Crippen LogP contribution in [0.5, 0.6) is 17.2 Å². The average Bonchev–Trinajstić information content (AvgIpc) is 2.79. The van der Waals surface area contributed by atoms with E-state index in [1.54, 1.807) is 37.3 Å². The summed E-state index contributed by atoms with van der Waals surface area (Å²) in [6, 6.07) is 11.5. The summed E-state index contributed by atoms with van der Waals surface area (Å²) < 4.78 is 16.2. The second-order valence-electron chi connectivity index (χ2n) is 7.80. The van der Waals surface area contributed by atoms with Gasteiger partial charge in [0.1, 0.15) is 23.3 Å². The fourth-order valence-corrected chi connectivity index (χ4v) is 3.04. The highest BCUT2D eigenvalue weighted by molar-refractivity contribution is 6.30. The van der Waals surface area contributed by atoms with E-state index < -0.39 is 6.04 Å². The number of hydrogen-bond donors (Lipinski definition) is 1. The molecule has 0 radical (unpaired) electrons. The Morgan fingerprint density at radius 3 is 2.06 bits per heavy atom. The van der Waals surface area contributed by atoms with Crippen LogP contribution in [0.15, 0.2) is 42.5 Å². The Balaban J connectivity index is 2.17. The third-order valence-electron chi connectivity index (χ3n) is 4.81. The van der Waals surface area contributed by atoms with Crippen molar-refractivity contribution in [2.45, 2.75) is 33.4 Å². The second-order valence-corrected chi connectivity index (χ2v) is 8.24. The first-order valence-electron chi connectivity index (χ1n) is 10.4. The first kappa shape index (κ1) is 25.3. The molecule has 8 heteroatoms. The van der Waals surface area contributed by atoms with Crippen molar-refractivity contribution in [3.05, 3.63) is 53.1 Å². The van der Waals surface area contributed by atoms with E-state index in [1.165, 1.54) is 19.1 Å². The molecule has 2 rings (SSSR count). The Bertz CT molecular complexity index is 880. The monoisotopic (exact) mass is 462 g/mol. The van der Waals surface area contributed by atoms with E-state index in [0.29, 0.717) is 34.7 Å². The highest BCUT2D eigenvalue weighted by Crippen LogP contribution is 2.27. The Morgan fingerprint density at radius 1 is 0.969 bits per heavy atom. The number of nitrogens with one attached hydrogen (secondary N) is 1. The van der Waals surface area contributed by atoms with E-state index >= 15 is 0 Å². The third-order valence-corrected chi connectivity index (χ3v) is 5.06. The number of carbonyl (C=O) groups excluding carboxylic acids is 2. The smallest absolute Gasteiger partial charge is 0.261 e. The second kappa shape index (κ2) is 12.2. The SMILES string of the molecule is COc1cc(OC)cc(OCC(=O)N(Cc2ccc(Cl)cc2)C(C)C(=O)NCC(C)C)c1. The zero-order chi connectivity index (χ0) is 23.7. The topological polar surface area (TPSA) is 77.1 Å². The van der Waals surface area contributed by atoms with Gasteiger partial charge >= 0.3 is 0 Å². The van der Waals surface area contributed by atoms with Crippen molar-refractivity contribution in [1.29, 1.82) is 0 Å². The van der Waals surface area contributed by atoms with Crippen LogP contribution in [0.3, 0.4) is 0 Å². The molecule has 0 aliphatic heterocycles. The third kappa shape index (κ3) is 7.64. The number of benzene rings is 2. The summed E-state index contributed by atoms with van der Waals surface area (Å²) in [4.78, 5) is 27.3. The molecule has 2 aromatic rings. The van der Waals surface area contributed by atoms with Crippen molar-refractivity contribution < 1.29 is 23.8 Å². The number of halogens is 1. The van der Waals surface area contributed by atoms with Crippen LogP contribution < -0.4 is 19.5 Å². The van der Waals surface area contributed by atoms with Crippen molar-refractivity contribution in [2.75, 3.05) is 27.4 Å². The molecule has 2 amide bonds. The van der Waals surface area contributed by atoms with Crippen LogP contribution in [0.2, 0.25) is 5.02 Å². The number of nitrogens with zero attached hydrogens (tertiary/aromatic N) is 1. The van der Waals surface area contributed by atoms with Gasteiger partial charge < -0.3 is 24.4 Å². The van der Waals surface area contributed by atoms with Crippen LogP contribution in [0.25, 0.3) is 0 Å². The van der Waals surface area contributed by atoms with Gasteiger partial charge in [0.05, 0.1) is 14.2 Å². The molecule has 0 bridgehead atoms. The molecule has 1 atom stereocenters. The molecule has 0 spiro atoms. The summed E-state index contributed by atoms with van der Waals surface area (Å²) >= 11 is 5.98. The van der Waals surface area contributed by atoms with E-state index in [9.17, 15) is 9.59 Å². The lowest BCUT2D eigenvalue weighted by Gasteiger charge is -2.29. The van der Waals surface area contributed by atoms with Gasteiger partial charge in [0.2, 0.25) is 5.91 Å². The molecule has 0 aliphatic rings. The zero-order valence-electron chi connectivity index (χ0n) is 19.2. The first-order valence-corrected chi connectivity index (χ1v) is 10.8. The first-order chi connectivity index (χ1) is 15.2. The fourth-order valence-electron chi connectivity index (χ4n) is 2.91. The van der Waals surface area contributed by atoms with Crippen LogP contribution >= 0.6 is 11.6 Å². The minimum absolute atomic E-state index is 0.218. The molecule has 7 nitrogen and oxygen atoms in total. The van der Waals surface area contributed by atoms with Gasteiger partial charge in [-0.1, -0.05) is 37.6 Å². The highest BCUT2D eigenvalue weighted by Gasteiger charge is 2.26. The summed E-state index contributed by atoms with van der Waals surface area (Å²) in [6.07, 6.45) is 0. The molecule has 1 unspecified atom stereocenters. The maximum atomic E-state index is 13.1. The molecule has 1 N–H and O–H groups in total. The zero-order valence-corrected chi connectivity index (χ0v) is 19.9. The van der Waals surface area contributed by atoms with Crippen LogP contribution in [0.4, 0.5) is 0 Å². The molecule has 0 heterocycles. The summed E-state index contributed by atoms with van der Waals surface area (Å²) in [5, 5.41) is 3.49. The van der Waals surface area contributed by atoms with Gasteiger partial charge in [-0.2, -0.15) is 0 Å². The van der Waals surface area contributed by atoms with E-state index in [1.807, 2.05) is 26.0 Å². The highest BCUT2D eigenvalue weighted by atomic mass is 35.5. The van der Waals surface area contributed by atoms with Crippen LogP contribution in [-0.2, 0) is 16.1 Å². The lowest BCUT2D eigenvalue weighted by molar-refractivity contribution is -0.142. The Hall–Kier alpha value is -2.93. The molecule has 0 saturated heterocycles. The summed E-state index contributed by atoms with van der Waals surface area (Å²) in [7, 11) is 3.07. The lowest BCUT2D eigenvalue weighted by atomic mass is 10.1. The van der Waals surface area contributed by atoms with Gasteiger partial charge in [0.25, 0.3) is 5.91 Å². The average molecular weight is 463 g/mol. The van der Waals surface area contributed by atoms with E-state index in [4.69, 9.17) is 25.8 Å².